The molecule has 1 aliphatic rings. The smallest absolute Gasteiger partial charge is 0.260 e. The monoisotopic (exact) mass is 381 g/mol. The van der Waals surface area contributed by atoms with Crippen LogP contribution < -0.4 is 10.5 Å². The van der Waals surface area contributed by atoms with Gasteiger partial charge in [-0.2, -0.15) is 0 Å². The zero-order valence-corrected chi connectivity index (χ0v) is 17.0. The Bertz CT molecular complexity index is 710. The number of aromatic nitrogens is 4. The van der Waals surface area contributed by atoms with Gasteiger partial charge < -0.3 is 15.0 Å². The number of nitrogens with zero attached hydrogens (tertiary/aromatic N) is 4. The van der Waals surface area contributed by atoms with Crippen LogP contribution in [0.2, 0.25) is 0 Å². The highest BCUT2D eigenvalue weighted by Gasteiger charge is 2.23. The van der Waals surface area contributed by atoms with E-state index in [0.29, 0.717) is 17.6 Å². The summed E-state index contributed by atoms with van der Waals surface area (Å²) in [4.78, 5) is 4.84. The van der Waals surface area contributed by atoms with Gasteiger partial charge in [0, 0.05) is 13.0 Å². The maximum Gasteiger partial charge on any atom is 0.260 e. The molecule has 0 amide bonds. The Morgan fingerprint density at radius 1 is 1.19 bits per heavy atom. The highest BCUT2D eigenvalue weighted by molar-refractivity contribution is 5.88. The average molecular weight is 382 g/mol. The first-order valence-electron chi connectivity index (χ1n) is 9.78. The summed E-state index contributed by atoms with van der Waals surface area (Å²) >= 11 is 0. The molecule has 6 nitrogen and oxygen atoms in total. The second-order valence-corrected chi connectivity index (χ2v) is 7.50. The van der Waals surface area contributed by atoms with Crippen LogP contribution in [0.5, 0.6) is 5.88 Å². The average Bonchev–Trinajstić information content (AvgIpc) is 2.96. The molecule has 0 aliphatic heterocycles. The molecule has 1 saturated carbocycles. The molecule has 0 radical (unpaired) electrons. The fraction of sp³-hybridized carbons (Fsp3) is 0.737. The Kier molecular flexibility index (Phi) is 7.50. The molecule has 1 aliphatic carbocycles. The van der Waals surface area contributed by atoms with Gasteiger partial charge in [-0.1, -0.05) is 32.6 Å². The number of unbranched alkanes of at least 4 members (excludes halogenated alkanes) is 1. The molecule has 1 fully saturated rings. The number of aryl methyl sites for hydroxylation is 1. The summed E-state index contributed by atoms with van der Waals surface area (Å²) in [6.45, 7) is 7.20. The number of nitrogens with two attached hydrogens (primary N) is 1. The van der Waals surface area contributed by atoms with Crippen LogP contribution >= 0.6 is 12.4 Å². The molecule has 2 N–H and O–H groups in total. The first-order chi connectivity index (χ1) is 12.1. The van der Waals surface area contributed by atoms with E-state index in [1.807, 2.05) is 13.8 Å². The Hall–Kier alpha value is -1.56. The molecule has 0 aromatic carbocycles. The molecular formula is C19H32ClN5O. The highest BCUT2D eigenvalue weighted by Crippen LogP contribution is 2.32. The summed E-state index contributed by atoms with van der Waals surface area (Å²) in [5.74, 6) is 2.75. The largest absolute Gasteiger partial charge is 0.472 e. The molecule has 0 unspecified atom stereocenters. The molecule has 2 aromatic heterocycles. The van der Waals surface area contributed by atoms with Crippen LogP contribution in [0.1, 0.15) is 71.5 Å². The number of hydrogen-bond donors (Lipinski definition) is 1. The fourth-order valence-corrected chi connectivity index (χ4v) is 3.74. The van der Waals surface area contributed by atoms with Crippen molar-refractivity contribution in [3.63, 3.8) is 0 Å². The number of anilines is 1. The molecule has 146 valence electrons. The van der Waals surface area contributed by atoms with E-state index in [0.717, 1.165) is 42.7 Å². The van der Waals surface area contributed by atoms with Crippen molar-refractivity contribution in [3.05, 3.63) is 5.82 Å². The Labute approximate surface area is 162 Å². The van der Waals surface area contributed by atoms with Gasteiger partial charge in [0.05, 0.1) is 6.10 Å². The van der Waals surface area contributed by atoms with Crippen LogP contribution in [0.15, 0.2) is 0 Å². The number of rotatable bonds is 7. The number of ether oxygens (including phenoxy) is 1. The molecular weight excluding hydrogens is 350 g/mol. The Morgan fingerprint density at radius 3 is 2.58 bits per heavy atom. The van der Waals surface area contributed by atoms with Crippen molar-refractivity contribution in [2.75, 3.05) is 5.73 Å². The number of halogens is 1. The zero-order valence-electron chi connectivity index (χ0n) is 16.2. The van der Waals surface area contributed by atoms with Crippen molar-refractivity contribution in [1.29, 1.82) is 0 Å². The summed E-state index contributed by atoms with van der Waals surface area (Å²) in [5.41, 5.74) is 7.77. The lowest BCUT2D eigenvalue weighted by molar-refractivity contribution is 0.231. The lowest BCUT2D eigenvalue weighted by Crippen LogP contribution is -2.17. The van der Waals surface area contributed by atoms with Crippen LogP contribution in [-0.2, 0) is 13.0 Å². The first kappa shape index (κ1) is 20.7. The molecule has 0 spiro atoms. The quantitative estimate of drug-likeness (QED) is 0.761. The number of hydrogen-bond acceptors (Lipinski definition) is 5. The van der Waals surface area contributed by atoms with E-state index < -0.39 is 0 Å². The van der Waals surface area contributed by atoms with E-state index >= 15 is 0 Å². The minimum Gasteiger partial charge on any atom is -0.472 e. The Morgan fingerprint density at radius 2 is 1.92 bits per heavy atom. The lowest BCUT2D eigenvalue weighted by atomic mass is 9.89. The predicted octanol–water partition coefficient (Wildman–Crippen LogP) is 4.54. The first-order valence-corrected chi connectivity index (χ1v) is 9.78. The van der Waals surface area contributed by atoms with E-state index in [-0.39, 0.29) is 18.5 Å². The molecule has 7 heteroatoms. The van der Waals surface area contributed by atoms with Crippen molar-refractivity contribution in [1.82, 2.24) is 19.7 Å². The summed E-state index contributed by atoms with van der Waals surface area (Å²) < 4.78 is 8.26. The van der Waals surface area contributed by atoms with E-state index in [1.54, 1.807) is 0 Å². The van der Waals surface area contributed by atoms with E-state index in [2.05, 4.69) is 21.7 Å². The van der Waals surface area contributed by atoms with Crippen LogP contribution in [0, 0.1) is 5.92 Å². The van der Waals surface area contributed by atoms with Gasteiger partial charge in [0.15, 0.2) is 5.82 Å². The molecule has 3 rings (SSSR count). The molecule has 0 atom stereocenters. The SMILES string of the molecule is CCCCc1nc2c(N)nnc(OC(C)C)c2n1CC1CCCCC1.Cl. The van der Waals surface area contributed by atoms with E-state index in [9.17, 15) is 0 Å². The third-order valence-corrected chi connectivity index (χ3v) is 5.01. The number of imidazole rings is 1. The Balaban J connectivity index is 0.00000243. The van der Waals surface area contributed by atoms with Crippen LogP contribution in [0.3, 0.4) is 0 Å². The zero-order chi connectivity index (χ0) is 17.8. The van der Waals surface area contributed by atoms with Crippen LogP contribution in [-0.4, -0.2) is 25.9 Å². The summed E-state index contributed by atoms with van der Waals surface area (Å²) in [6.07, 6.45) is 9.88. The van der Waals surface area contributed by atoms with Gasteiger partial charge in [-0.3, -0.25) is 0 Å². The van der Waals surface area contributed by atoms with Gasteiger partial charge in [-0.15, -0.1) is 22.6 Å². The van der Waals surface area contributed by atoms with Gasteiger partial charge in [0.25, 0.3) is 5.88 Å². The normalized spacial score (nSPS) is 15.4. The van der Waals surface area contributed by atoms with Gasteiger partial charge in [0.1, 0.15) is 16.9 Å². The molecule has 0 bridgehead atoms. The fourth-order valence-electron chi connectivity index (χ4n) is 3.74. The number of fused-ring (bicyclic) bond motifs is 1. The third-order valence-electron chi connectivity index (χ3n) is 5.01. The van der Waals surface area contributed by atoms with Crippen molar-refractivity contribution >= 4 is 29.3 Å². The van der Waals surface area contributed by atoms with E-state index in [1.165, 1.54) is 32.1 Å². The molecule has 2 aromatic rings. The van der Waals surface area contributed by atoms with Crippen molar-refractivity contribution in [2.45, 2.75) is 84.8 Å². The maximum atomic E-state index is 6.09. The topological polar surface area (TPSA) is 78.8 Å². The van der Waals surface area contributed by atoms with Crippen molar-refractivity contribution in [2.24, 2.45) is 5.92 Å². The molecule has 26 heavy (non-hydrogen) atoms. The van der Waals surface area contributed by atoms with Crippen molar-refractivity contribution in [3.8, 4) is 5.88 Å². The summed E-state index contributed by atoms with van der Waals surface area (Å²) in [6, 6.07) is 0. The second-order valence-electron chi connectivity index (χ2n) is 7.50. The minimum absolute atomic E-state index is 0. The van der Waals surface area contributed by atoms with Gasteiger partial charge in [-0.05, 0) is 39.0 Å². The maximum absolute atomic E-state index is 6.09. The third kappa shape index (κ3) is 4.58. The van der Waals surface area contributed by atoms with Crippen LogP contribution in [0.4, 0.5) is 5.82 Å². The standard InChI is InChI=1S/C19H31N5O.ClH/c1-4-5-11-15-21-16-17(19(25-13(2)3)23-22-18(16)20)24(15)12-14-9-7-6-8-10-14;/h13-14H,4-12H2,1-3H3,(H2,20,22);1H. The molecule has 0 saturated heterocycles. The highest BCUT2D eigenvalue weighted by atomic mass is 35.5. The second kappa shape index (κ2) is 9.40. The minimum atomic E-state index is 0. The number of nitrogen functional groups attached to an aromatic ring is 1. The van der Waals surface area contributed by atoms with Crippen molar-refractivity contribution < 1.29 is 4.74 Å². The van der Waals surface area contributed by atoms with Crippen LogP contribution in [0.25, 0.3) is 11.0 Å². The summed E-state index contributed by atoms with van der Waals surface area (Å²) in [5, 5.41) is 8.30. The summed E-state index contributed by atoms with van der Waals surface area (Å²) in [7, 11) is 0. The molecule has 2 heterocycles. The van der Waals surface area contributed by atoms with E-state index in [4.69, 9.17) is 15.5 Å². The van der Waals surface area contributed by atoms with Gasteiger partial charge >= 0.3 is 0 Å². The lowest BCUT2D eigenvalue weighted by Gasteiger charge is -2.23. The van der Waals surface area contributed by atoms with Gasteiger partial charge in [-0.25, -0.2) is 4.98 Å². The van der Waals surface area contributed by atoms with Gasteiger partial charge in [0.2, 0.25) is 0 Å². The predicted molar refractivity (Wildman–Crippen MR) is 108 cm³/mol.